The summed E-state index contributed by atoms with van der Waals surface area (Å²) in [5, 5.41) is 70.1. The van der Waals surface area contributed by atoms with Gasteiger partial charge in [-0.1, -0.05) is 12.1 Å². The van der Waals surface area contributed by atoms with Crippen LogP contribution in [0.1, 0.15) is 171 Å². The fourth-order valence-corrected chi connectivity index (χ4v) is 15.6. The number of carbonyl (C=O) groups is 4. The highest BCUT2D eigenvalue weighted by molar-refractivity contribution is 6.03. The molecule has 6 aliphatic rings. The summed E-state index contributed by atoms with van der Waals surface area (Å²) in [5.41, 5.74) is -8.76. The van der Waals surface area contributed by atoms with Gasteiger partial charge in [0, 0.05) is 99.2 Å². The molecule has 4 saturated heterocycles. The van der Waals surface area contributed by atoms with Crippen molar-refractivity contribution in [2.24, 2.45) is 0 Å². The van der Waals surface area contributed by atoms with Crippen LogP contribution in [0.4, 0.5) is 65.9 Å². The lowest BCUT2D eigenvalue weighted by Crippen LogP contribution is -2.65. The van der Waals surface area contributed by atoms with E-state index in [0.717, 1.165) is 72.2 Å². The number of hydrogen-bond acceptors (Lipinski definition) is 22. The number of benzene rings is 2. The second-order valence-corrected chi connectivity index (χ2v) is 31.8. The van der Waals surface area contributed by atoms with Gasteiger partial charge in [-0.25, -0.2) is 51.2 Å². The van der Waals surface area contributed by atoms with Gasteiger partial charge in [0.15, 0.2) is 22.6 Å². The third-order valence-corrected chi connectivity index (χ3v) is 22.8. The predicted octanol–water partition coefficient (Wildman–Crippen LogP) is 10.1. The number of pyridine rings is 2. The van der Waals surface area contributed by atoms with Crippen LogP contribution in [0.2, 0.25) is 0 Å². The van der Waals surface area contributed by atoms with Crippen molar-refractivity contribution in [3.05, 3.63) is 248 Å². The van der Waals surface area contributed by atoms with Gasteiger partial charge < -0.3 is 60.6 Å². The van der Waals surface area contributed by atoms with Gasteiger partial charge in [0.2, 0.25) is 0 Å². The number of rotatable bonds is 14. The Bertz CT molecular complexity index is 6220. The van der Waals surface area contributed by atoms with Crippen molar-refractivity contribution < 1.29 is 124 Å². The molecule has 670 valence electrons. The van der Waals surface area contributed by atoms with E-state index in [2.05, 4.69) is 71.6 Å². The summed E-state index contributed by atoms with van der Waals surface area (Å²) in [6, 6.07) is 6.21. The van der Waals surface area contributed by atoms with Gasteiger partial charge in [0.1, 0.15) is 91.5 Å². The molecule has 6 fully saturated rings. The standard InChI is InChI=1S/C23H23F4N5O3.C21H18F4N4O3.C19H16F4N4O3.C19H18F3N5O3/c1-12-17(19-29-8-14(13-3-4-13)10-32(19)31-12)20(33)30-22(5-6-35-11-21(22,2)34)18-16(24)7-15(9-28-18)23(25,26)27;22-16-5-13(21(23,24)25)3-4-15(16)20(10-32-9-17(20)30)28-19(31)14-7-27-29-8-12(11-1-2-11)6-26-18(14)29;1-10-5-24-16-12(6-25-27(16)7-10)17(29)26-18(9-30-8-15(18)28)13-3-2-11(4-14(13)20)19(21,22)23;1-11-6-24-16-13(8-25-27(16)9-11)17(29)26-18(4-5-30-10-15(18)28)14-3-2-12(7-23-14)19(20,21)22/h7-10,13,34H,3-6,11H2,1-2H3,(H,30,33);3-8,11,17,30H,1-2,9-10H2,(H,28,31);2-7,15,28H,8-9H2,1H3,(H,26,29);2-3,6-9,15,28H,4-5,10H2,1H3,(H,26,29). The van der Waals surface area contributed by atoms with Gasteiger partial charge in [0.05, 0.1) is 91.9 Å². The molecule has 8 atom stereocenters. The Hall–Kier alpha value is -12.3. The van der Waals surface area contributed by atoms with E-state index >= 15 is 4.39 Å². The third kappa shape index (κ3) is 17.6. The summed E-state index contributed by atoms with van der Waals surface area (Å²) < 4.78 is 227. The van der Waals surface area contributed by atoms with Crippen LogP contribution in [0.3, 0.4) is 0 Å². The van der Waals surface area contributed by atoms with Crippen LogP contribution in [0.5, 0.6) is 0 Å². The van der Waals surface area contributed by atoms with E-state index in [-0.39, 0.29) is 122 Å². The van der Waals surface area contributed by atoms with E-state index in [4.69, 9.17) is 18.9 Å². The van der Waals surface area contributed by atoms with Gasteiger partial charge in [0.25, 0.3) is 23.6 Å². The molecule has 12 aromatic rings. The number of nitrogens with zero attached hydrogens (tertiary/aromatic N) is 14. The number of hydrogen-bond donors (Lipinski definition) is 8. The van der Waals surface area contributed by atoms with E-state index < -0.39 is 140 Å². The number of alkyl halides is 12. The number of fused-ring (bicyclic) bond motifs is 4. The normalized spacial score (nSPS) is 23.3. The van der Waals surface area contributed by atoms with Crippen LogP contribution in [0, 0.1) is 38.2 Å². The van der Waals surface area contributed by atoms with Crippen molar-refractivity contribution in [2.45, 2.75) is 149 Å². The molecular formula is C82H75F15N18O12. The highest BCUT2D eigenvalue weighted by Gasteiger charge is 2.57. The molecule has 45 heteroatoms. The highest BCUT2D eigenvalue weighted by atomic mass is 19.4. The number of carbonyl (C=O) groups excluding carboxylic acids is 4. The van der Waals surface area contributed by atoms with Crippen molar-refractivity contribution >= 4 is 46.2 Å². The molecule has 4 amide bonds. The fraction of sp³-hybridized carbons (Fsp3) is 0.390. The Morgan fingerprint density at radius 1 is 0.433 bits per heavy atom. The Morgan fingerprint density at radius 2 is 0.850 bits per heavy atom. The second-order valence-electron chi connectivity index (χ2n) is 31.8. The molecule has 10 aromatic heterocycles. The molecule has 8 N–H and O–H groups in total. The van der Waals surface area contributed by atoms with Crippen molar-refractivity contribution in [3.63, 3.8) is 0 Å². The number of nitrogens with one attached hydrogen (secondary N) is 4. The van der Waals surface area contributed by atoms with Crippen LogP contribution in [0.25, 0.3) is 22.6 Å². The second kappa shape index (κ2) is 33.8. The summed E-state index contributed by atoms with van der Waals surface area (Å²) in [6.45, 7) is 5.25. The van der Waals surface area contributed by atoms with E-state index in [1.807, 2.05) is 6.92 Å². The topological polar surface area (TPSA) is 381 Å². The Balaban J connectivity index is 0.000000131. The first-order valence-corrected chi connectivity index (χ1v) is 39.1. The fourth-order valence-electron chi connectivity index (χ4n) is 15.6. The molecule has 2 saturated carbocycles. The van der Waals surface area contributed by atoms with Crippen molar-refractivity contribution in [3.8, 4) is 0 Å². The summed E-state index contributed by atoms with van der Waals surface area (Å²) in [5.74, 6) is -5.61. The van der Waals surface area contributed by atoms with Gasteiger partial charge in [-0.05, 0) is 130 Å². The molecule has 127 heavy (non-hydrogen) atoms. The molecule has 14 heterocycles. The molecule has 4 aliphatic heterocycles. The van der Waals surface area contributed by atoms with Gasteiger partial charge in [-0.2, -0.15) is 73.1 Å². The number of aliphatic hydroxyl groups is 4. The highest BCUT2D eigenvalue weighted by Crippen LogP contribution is 2.46. The average molecular weight is 1790 g/mol. The summed E-state index contributed by atoms with van der Waals surface area (Å²) >= 11 is 0. The Kier molecular flexibility index (Phi) is 23.8. The smallest absolute Gasteiger partial charge is 0.388 e. The molecule has 0 spiro atoms. The first-order valence-electron chi connectivity index (χ1n) is 39.1. The first-order chi connectivity index (χ1) is 59.9. The largest absolute Gasteiger partial charge is 0.417 e. The number of aliphatic hydroxyl groups excluding tert-OH is 3. The minimum atomic E-state index is -4.81. The molecule has 2 aliphatic carbocycles. The van der Waals surface area contributed by atoms with Crippen LogP contribution >= 0.6 is 0 Å². The summed E-state index contributed by atoms with van der Waals surface area (Å²) in [7, 11) is 0. The van der Waals surface area contributed by atoms with Crippen LogP contribution in [-0.4, -0.2) is 189 Å². The minimum Gasteiger partial charge on any atom is -0.388 e. The van der Waals surface area contributed by atoms with Crippen LogP contribution < -0.4 is 21.3 Å². The Labute approximate surface area is 706 Å². The van der Waals surface area contributed by atoms with Crippen LogP contribution in [-0.2, 0) is 65.8 Å². The molecule has 0 bridgehead atoms. The third-order valence-electron chi connectivity index (χ3n) is 22.8. The zero-order chi connectivity index (χ0) is 91.0. The van der Waals surface area contributed by atoms with Gasteiger partial charge in [-0.15, -0.1) is 0 Å². The average Bonchev–Trinajstić information content (AvgIpc) is 1.28. The van der Waals surface area contributed by atoms with Gasteiger partial charge >= 0.3 is 24.7 Å². The number of ether oxygens (including phenoxy) is 4. The van der Waals surface area contributed by atoms with E-state index in [1.54, 1.807) is 57.2 Å². The number of aryl methyl sites for hydroxylation is 3. The van der Waals surface area contributed by atoms with Crippen LogP contribution in [0.15, 0.2) is 135 Å². The number of aromatic nitrogens is 14. The summed E-state index contributed by atoms with van der Waals surface area (Å²) in [4.78, 5) is 77.4. The zero-order valence-corrected chi connectivity index (χ0v) is 67.0. The first kappa shape index (κ1) is 89.6. The van der Waals surface area contributed by atoms with Crippen molar-refractivity contribution in [2.75, 3.05) is 52.9 Å². The molecule has 8 unspecified atom stereocenters. The van der Waals surface area contributed by atoms with E-state index in [1.165, 1.54) is 49.8 Å². The lowest BCUT2D eigenvalue weighted by molar-refractivity contribution is -0.142. The Morgan fingerprint density at radius 3 is 1.28 bits per heavy atom. The maximum Gasteiger partial charge on any atom is 0.417 e. The molecule has 0 radical (unpaired) electrons. The number of halogens is 15. The zero-order valence-electron chi connectivity index (χ0n) is 67.0. The maximum atomic E-state index is 15.1. The summed E-state index contributed by atoms with van der Waals surface area (Å²) in [6.07, 6.45) is -0.0297. The lowest BCUT2D eigenvalue weighted by Gasteiger charge is -2.48. The SMILES string of the molecule is Cc1cnc2c(C(=O)NC3(c4ccc(C(F)(F)F)cc4F)COCC3O)cnn2c1.Cc1cnc2c(C(=O)NC3(c4ccc(C(F)(F)F)cn4)CCOCC3O)cnn2c1.Cc1nn2cc(C3CC3)cnc2c1C(=O)NC1(c2ncc(C(F)(F)F)cc2F)CCOCC1(C)O.O=C(NC1(c2ccc(C(F)(F)F)cc2F)COCC1O)c1cnn2cc(C3CC3)cnc12. The number of amides is 4. The quantitative estimate of drug-likeness (QED) is 0.0469. The minimum absolute atomic E-state index is 0.00924. The predicted molar refractivity (Wildman–Crippen MR) is 409 cm³/mol. The molecule has 30 nitrogen and oxygen atoms in total. The van der Waals surface area contributed by atoms with Gasteiger partial charge in [-0.3, -0.25) is 29.1 Å². The van der Waals surface area contributed by atoms with E-state index in [0.29, 0.717) is 65.9 Å². The molecular weight excluding hydrogens is 1710 g/mol. The lowest BCUT2D eigenvalue weighted by atomic mass is 9.74. The van der Waals surface area contributed by atoms with Crippen molar-refractivity contribution in [1.29, 1.82) is 0 Å². The maximum absolute atomic E-state index is 15.1. The monoisotopic (exact) mass is 1790 g/mol. The molecule has 2 aromatic carbocycles. The molecule has 18 rings (SSSR count). The van der Waals surface area contributed by atoms with E-state index in [9.17, 15) is 101 Å². The van der Waals surface area contributed by atoms with Crippen molar-refractivity contribution in [1.82, 2.24) is 89.6 Å².